The molecule has 0 bridgehead atoms. The van der Waals surface area contributed by atoms with E-state index in [1.807, 2.05) is 6.07 Å². The van der Waals surface area contributed by atoms with E-state index in [0.717, 1.165) is 19.3 Å². The molecule has 76 valence electrons. The van der Waals surface area contributed by atoms with Gasteiger partial charge in [-0.25, -0.2) is 4.79 Å². The molecule has 1 aromatic rings. The van der Waals surface area contributed by atoms with Crippen LogP contribution in [0.1, 0.15) is 26.5 Å². The molecule has 4 heteroatoms. The Morgan fingerprint density at radius 3 is 3.14 bits per heavy atom. The minimum atomic E-state index is -0.811. The van der Waals surface area contributed by atoms with Crippen LogP contribution in [0.5, 0.6) is 0 Å². The normalized spacial score (nSPS) is 20.5. The van der Waals surface area contributed by atoms with Crippen molar-refractivity contribution < 1.29 is 9.90 Å². The summed E-state index contributed by atoms with van der Waals surface area (Å²) in [5, 5.41) is 8.84. The van der Waals surface area contributed by atoms with Crippen LogP contribution >= 0.6 is 11.3 Å². The van der Waals surface area contributed by atoms with E-state index in [1.54, 1.807) is 0 Å². The molecule has 1 unspecified atom stereocenters. The number of thiophene rings is 1. The number of fused-ring (bicyclic) bond motifs is 1. The highest BCUT2D eigenvalue weighted by Crippen LogP contribution is 2.31. The Bertz CT molecular complexity index is 359. The largest absolute Gasteiger partial charge is 0.477 e. The first-order chi connectivity index (χ1) is 6.70. The van der Waals surface area contributed by atoms with E-state index in [1.165, 1.54) is 21.8 Å². The van der Waals surface area contributed by atoms with Crippen LogP contribution in [0.3, 0.4) is 0 Å². The van der Waals surface area contributed by atoms with Gasteiger partial charge in [-0.3, -0.25) is 0 Å². The van der Waals surface area contributed by atoms with E-state index < -0.39 is 5.97 Å². The van der Waals surface area contributed by atoms with Crippen LogP contribution in [0.15, 0.2) is 6.07 Å². The number of hydrogen-bond donors (Lipinski definition) is 2. The quantitative estimate of drug-likeness (QED) is 0.779. The third-order valence-corrected chi connectivity index (χ3v) is 3.95. The zero-order valence-corrected chi connectivity index (χ0v) is 8.64. The summed E-state index contributed by atoms with van der Waals surface area (Å²) < 4.78 is 0. The first-order valence-corrected chi connectivity index (χ1v) is 5.57. The minimum Gasteiger partial charge on any atom is -0.477 e. The second-order valence-electron chi connectivity index (χ2n) is 3.71. The van der Waals surface area contributed by atoms with Crippen molar-refractivity contribution in [1.29, 1.82) is 0 Å². The first-order valence-electron chi connectivity index (χ1n) is 4.75. The molecular weight excluding hydrogens is 198 g/mol. The smallest absolute Gasteiger partial charge is 0.345 e. The average molecular weight is 211 g/mol. The lowest BCUT2D eigenvalue weighted by Crippen LogP contribution is -2.20. The van der Waals surface area contributed by atoms with Crippen LogP contribution in [0, 0.1) is 5.92 Å². The fourth-order valence-electron chi connectivity index (χ4n) is 1.91. The topological polar surface area (TPSA) is 63.3 Å². The number of carboxylic acid groups (broad SMARTS) is 1. The summed E-state index contributed by atoms with van der Waals surface area (Å²) in [6, 6.07) is 1.81. The molecule has 0 radical (unpaired) electrons. The molecule has 0 spiro atoms. The zero-order chi connectivity index (χ0) is 10.1. The average Bonchev–Trinajstić information content (AvgIpc) is 2.59. The Morgan fingerprint density at radius 1 is 1.71 bits per heavy atom. The molecule has 1 aliphatic carbocycles. The van der Waals surface area contributed by atoms with Gasteiger partial charge in [0.1, 0.15) is 4.88 Å². The number of carbonyl (C=O) groups is 1. The van der Waals surface area contributed by atoms with E-state index in [2.05, 4.69) is 0 Å². The molecule has 3 nitrogen and oxygen atoms in total. The van der Waals surface area contributed by atoms with Gasteiger partial charge in [0.05, 0.1) is 0 Å². The van der Waals surface area contributed by atoms with Crippen LogP contribution in [0.25, 0.3) is 0 Å². The molecule has 0 aliphatic heterocycles. The Labute approximate surface area is 86.6 Å². The highest BCUT2D eigenvalue weighted by atomic mass is 32.1. The van der Waals surface area contributed by atoms with E-state index >= 15 is 0 Å². The molecule has 1 aliphatic rings. The molecule has 14 heavy (non-hydrogen) atoms. The van der Waals surface area contributed by atoms with Crippen molar-refractivity contribution in [2.45, 2.75) is 19.3 Å². The molecule has 0 fully saturated rings. The summed E-state index contributed by atoms with van der Waals surface area (Å²) >= 11 is 1.42. The van der Waals surface area contributed by atoms with E-state index in [-0.39, 0.29) is 0 Å². The van der Waals surface area contributed by atoms with Crippen LogP contribution in [-0.2, 0) is 12.8 Å². The van der Waals surface area contributed by atoms with Crippen molar-refractivity contribution in [3.05, 3.63) is 21.4 Å². The third-order valence-electron chi connectivity index (χ3n) is 2.73. The number of aromatic carboxylic acids is 1. The van der Waals surface area contributed by atoms with Gasteiger partial charge in [-0.15, -0.1) is 11.3 Å². The van der Waals surface area contributed by atoms with E-state index in [9.17, 15) is 4.79 Å². The van der Waals surface area contributed by atoms with Crippen LogP contribution < -0.4 is 5.73 Å². The lowest BCUT2D eigenvalue weighted by molar-refractivity contribution is 0.0702. The number of nitrogens with two attached hydrogens (primary N) is 1. The van der Waals surface area contributed by atoms with Gasteiger partial charge < -0.3 is 10.8 Å². The molecule has 0 aromatic carbocycles. The van der Waals surface area contributed by atoms with Crippen molar-refractivity contribution in [2.24, 2.45) is 11.7 Å². The number of hydrogen-bond acceptors (Lipinski definition) is 3. The molecule has 3 N–H and O–H groups in total. The summed E-state index contributed by atoms with van der Waals surface area (Å²) in [7, 11) is 0. The minimum absolute atomic E-state index is 0.465. The number of rotatable bonds is 2. The lowest BCUT2D eigenvalue weighted by Gasteiger charge is -2.19. The summed E-state index contributed by atoms with van der Waals surface area (Å²) in [5.74, 6) is -0.271. The summed E-state index contributed by atoms with van der Waals surface area (Å²) in [4.78, 5) is 12.5. The SMILES string of the molecule is NCC1CCc2sc(C(=O)O)cc2C1. The predicted octanol–water partition coefficient (Wildman–Crippen LogP) is 1.51. The van der Waals surface area contributed by atoms with Gasteiger partial charge in [-0.1, -0.05) is 0 Å². The van der Waals surface area contributed by atoms with Gasteiger partial charge in [0.2, 0.25) is 0 Å². The van der Waals surface area contributed by atoms with Crippen molar-refractivity contribution >= 4 is 17.3 Å². The van der Waals surface area contributed by atoms with Crippen molar-refractivity contribution in [2.75, 3.05) is 6.54 Å². The first kappa shape index (κ1) is 9.68. The monoisotopic (exact) mass is 211 g/mol. The van der Waals surface area contributed by atoms with Gasteiger partial charge >= 0.3 is 5.97 Å². The van der Waals surface area contributed by atoms with Crippen LogP contribution in [0.4, 0.5) is 0 Å². The molecular formula is C10H13NO2S. The van der Waals surface area contributed by atoms with Gasteiger partial charge in [0.25, 0.3) is 0 Å². The van der Waals surface area contributed by atoms with Gasteiger partial charge in [0.15, 0.2) is 0 Å². The second-order valence-corrected chi connectivity index (χ2v) is 4.85. The number of carboxylic acids is 1. The van der Waals surface area contributed by atoms with E-state index in [4.69, 9.17) is 10.8 Å². The third kappa shape index (κ3) is 1.67. The maximum absolute atomic E-state index is 10.8. The molecule has 1 heterocycles. The maximum Gasteiger partial charge on any atom is 0.345 e. The molecule has 1 atom stereocenters. The van der Waals surface area contributed by atoms with Crippen molar-refractivity contribution in [3.8, 4) is 0 Å². The molecule has 0 saturated heterocycles. The number of aryl methyl sites for hydroxylation is 1. The fourth-order valence-corrected chi connectivity index (χ4v) is 2.95. The van der Waals surface area contributed by atoms with Gasteiger partial charge in [-0.2, -0.15) is 0 Å². The second kappa shape index (κ2) is 3.71. The van der Waals surface area contributed by atoms with Crippen LogP contribution in [0.2, 0.25) is 0 Å². The Morgan fingerprint density at radius 2 is 2.50 bits per heavy atom. The van der Waals surface area contributed by atoms with Crippen LogP contribution in [-0.4, -0.2) is 17.6 Å². The molecule has 0 saturated carbocycles. The zero-order valence-electron chi connectivity index (χ0n) is 7.82. The van der Waals surface area contributed by atoms with Crippen molar-refractivity contribution in [3.63, 3.8) is 0 Å². The Balaban J connectivity index is 2.25. The fraction of sp³-hybridized carbons (Fsp3) is 0.500. The molecule has 2 rings (SSSR count). The lowest BCUT2D eigenvalue weighted by atomic mass is 9.88. The maximum atomic E-state index is 10.8. The highest BCUT2D eigenvalue weighted by molar-refractivity contribution is 7.14. The molecule has 0 amide bonds. The Hall–Kier alpha value is -0.870. The van der Waals surface area contributed by atoms with E-state index in [0.29, 0.717) is 17.3 Å². The predicted molar refractivity (Wildman–Crippen MR) is 55.8 cm³/mol. The standard InChI is InChI=1S/C10H13NO2S/c11-5-6-1-2-8-7(3-6)4-9(14-8)10(12)13/h4,6H,1-3,5,11H2,(H,12,13). The van der Waals surface area contributed by atoms with Gasteiger partial charge in [-0.05, 0) is 43.4 Å². The molecule has 1 aromatic heterocycles. The highest BCUT2D eigenvalue weighted by Gasteiger charge is 2.21. The Kier molecular flexibility index (Phi) is 2.56. The summed E-state index contributed by atoms with van der Waals surface area (Å²) in [6.07, 6.45) is 3.05. The van der Waals surface area contributed by atoms with Gasteiger partial charge in [0, 0.05) is 4.88 Å². The summed E-state index contributed by atoms with van der Waals surface area (Å²) in [5.41, 5.74) is 6.82. The van der Waals surface area contributed by atoms with Crippen molar-refractivity contribution in [1.82, 2.24) is 0 Å². The summed E-state index contributed by atoms with van der Waals surface area (Å²) in [6.45, 7) is 0.706.